The van der Waals surface area contributed by atoms with E-state index in [-0.39, 0.29) is 5.56 Å². The number of benzene rings is 4. The van der Waals surface area contributed by atoms with Crippen molar-refractivity contribution in [3.8, 4) is 11.1 Å². The van der Waals surface area contributed by atoms with E-state index in [0.717, 1.165) is 12.1 Å². The fourth-order valence-electron chi connectivity index (χ4n) is 4.53. The minimum atomic E-state index is -4.45. The van der Waals surface area contributed by atoms with Crippen LogP contribution >= 0.6 is 0 Å². The second-order valence-electron chi connectivity index (χ2n) is 8.53. The van der Waals surface area contributed by atoms with E-state index < -0.39 is 68.5 Å². The van der Waals surface area contributed by atoms with Gasteiger partial charge in [0.15, 0.2) is 0 Å². The molecule has 34 heavy (non-hydrogen) atoms. The zero-order valence-corrected chi connectivity index (χ0v) is 18.3. The first-order valence-corrected chi connectivity index (χ1v) is 10.8. The molecule has 1 aliphatic carbocycles. The van der Waals surface area contributed by atoms with Crippen LogP contribution in [0.3, 0.4) is 0 Å². The Labute approximate surface area is 230 Å². The Hall–Kier alpha value is -3.32. The molecule has 1 nitrogen and oxygen atoms in total. The van der Waals surface area contributed by atoms with Crippen molar-refractivity contribution in [2.24, 2.45) is 5.41 Å². The van der Waals surface area contributed by atoms with Crippen LogP contribution in [-0.4, -0.2) is 0 Å². The van der Waals surface area contributed by atoms with Crippen molar-refractivity contribution in [3.05, 3.63) is 114 Å². The summed E-state index contributed by atoms with van der Waals surface area (Å²) in [5, 5.41) is 0. The third kappa shape index (κ3) is 3.21. The van der Waals surface area contributed by atoms with Gasteiger partial charge < -0.3 is 4.90 Å². The maximum absolute atomic E-state index is 8.77. The van der Waals surface area contributed by atoms with Gasteiger partial charge in [-0.2, -0.15) is 0 Å². The molecule has 0 unspecified atom stereocenters. The number of anilines is 3. The first kappa shape index (κ1) is 9.74. The highest BCUT2D eigenvalue weighted by Crippen LogP contribution is 2.62. The number of hydrogen-bond acceptors (Lipinski definition) is 1. The molecule has 0 aliphatic heterocycles. The molecule has 4 aromatic carbocycles. The monoisotopic (exact) mass is 463 g/mol. The van der Waals surface area contributed by atoms with Crippen molar-refractivity contribution in [1.29, 1.82) is 0 Å². The van der Waals surface area contributed by atoms with Gasteiger partial charge in [-0.3, -0.25) is 0 Å². The van der Waals surface area contributed by atoms with Crippen molar-refractivity contribution in [1.82, 2.24) is 0 Å². The number of hydrogen-bond donors (Lipinski definition) is 0. The summed E-state index contributed by atoms with van der Waals surface area (Å²) in [6.45, 7) is -25.1. The Kier molecular flexibility index (Phi) is 2.26. The van der Waals surface area contributed by atoms with Crippen molar-refractivity contribution in [2.75, 3.05) is 4.90 Å². The van der Waals surface area contributed by atoms with Crippen LogP contribution in [0, 0.1) is 5.41 Å². The quantitative estimate of drug-likeness (QED) is 0.291. The predicted octanol–water partition coefficient (Wildman–Crippen LogP) is 9.42. The van der Waals surface area contributed by atoms with E-state index in [1.807, 2.05) is 41.3 Å². The van der Waals surface area contributed by atoms with Gasteiger partial charge in [0.05, 0.1) is 5.69 Å². The number of nitrogens with zero attached hydrogens (tertiary/aromatic N) is 1. The lowest BCUT2D eigenvalue weighted by Crippen LogP contribution is -2.42. The van der Waals surface area contributed by atoms with Crippen molar-refractivity contribution >= 4 is 17.1 Å². The van der Waals surface area contributed by atoms with Gasteiger partial charge in [0.1, 0.15) is 0 Å². The van der Waals surface area contributed by atoms with E-state index in [2.05, 4.69) is 0 Å². The maximum Gasteiger partial charge on any atom is 0.0540 e. The van der Waals surface area contributed by atoms with Gasteiger partial charge in [0.2, 0.25) is 0 Å². The van der Waals surface area contributed by atoms with E-state index in [1.54, 1.807) is 48.5 Å². The molecule has 5 rings (SSSR count). The maximum atomic E-state index is 8.77. The van der Waals surface area contributed by atoms with Gasteiger partial charge in [-0.25, -0.2) is 0 Å². The fraction of sp³-hybridized carbons (Fsp3) is 0.273. The molecule has 1 aliphatic rings. The Morgan fingerprint density at radius 1 is 0.559 bits per heavy atom. The van der Waals surface area contributed by atoms with Gasteiger partial charge in [0, 0.05) is 41.6 Å². The summed E-state index contributed by atoms with van der Waals surface area (Å²) < 4.78 is 157. The van der Waals surface area contributed by atoms with Crippen LogP contribution in [0.4, 0.5) is 17.1 Å². The molecule has 0 saturated heterocycles. The van der Waals surface area contributed by atoms with Crippen LogP contribution in [0.5, 0.6) is 0 Å². The van der Waals surface area contributed by atoms with Crippen LogP contribution in [0.2, 0.25) is 0 Å². The predicted molar refractivity (Wildman–Crippen MR) is 146 cm³/mol. The van der Waals surface area contributed by atoms with Crippen LogP contribution in [-0.2, 0) is 10.8 Å². The van der Waals surface area contributed by atoms with Crippen LogP contribution in [0.15, 0.2) is 103 Å². The molecule has 0 atom stereocenters. The third-order valence-electron chi connectivity index (χ3n) is 6.44. The largest absolute Gasteiger partial charge is 0.310 e. The number of para-hydroxylation sites is 3. The molecule has 0 spiro atoms. The summed E-state index contributed by atoms with van der Waals surface area (Å²) in [5.74, 6) is 0. The first-order chi connectivity index (χ1) is 23.7. The SMILES string of the molecule is [2H]C([2H])([2H])C1(C([2H])([2H])[2H])c2ccc(-c3ccccc3N(c3ccccc3)c3ccccc3)cc2C(C([2H])([2H])[2H])(C([2H])([2H])[2H])C1(C([2H])([2H])[2H])C([2H])([2H])[2H]. The van der Waals surface area contributed by atoms with Crippen molar-refractivity contribution in [2.45, 2.75) is 51.9 Å². The average Bonchev–Trinajstić information content (AvgIpc) is 3.30. The molecule has 172 valence electrons. The van der Waals surface area contributed by atoms with Gasteiger partial charge >= 0.3 is 0 Å². The molecular formula is C33H35N. The van der Waals surface area contributed by atoms with E-state index in [9.17, 15) is 0 Å². The summed E-state index contributed by atoms with van der Waals surface area (Å²) in [7, 11) is 0. The van der Waals surface area contributed by atoms with Crippen LogP contribution < -0.4 is 4.90 Å². The zero-order chi connectivity index (χ0) is 39.1. The second kappa shape index (κ2) is 7.87. The van der Waals surface area contributed by atoms with E-state index in [1.165, 1.54) is 6.07 Å². The highest BCUT2D eigenvalue weighted by atomic mass is 15.1. The van der Waals surface area contributed by atoms with Gasteiger partial charge in [-0.05, 0) is 63.3 Å². The molecule has 0 fully saturated rings. The van der Waals surface area contributed by atoms with Crippen molar-refractivity contribution in [3.63, 3.8) is 0 Å². The summed E-state index contributed by atoms with van der Waals surface area (Å²) in [6, 6.07) is 27.8. The van der Waals surface area contributed by atoms with Crippen LogP contribution in [0.25, 0.3) is 11.1 Å². The molecule has 0 heterocycles. The molecule has 0 radical (unpaired) electrons. The second-order valence-corrected chi connectivity index (χ2v) is 8.53. The van der Waals surface area contributed by atoms with E-state index in [0.29, 0.717) is 22.6 Å². The lowest BCUT2D eigenvalue weighted by atomic mass is 9.59. The Morgan fingerprint density at radius 2 is 1.12 bits per heavy atom. The number of rotatable bonds is 4. The Balaban J connectivity index is 2.05. The lowest BCUT2D eigenvalue weighted by Gasteiger charge is -2.44. The lowest BCUT2D eigenvalue weighted by molar-refractivity contribution is 0.125. The highest BCUT2D eigenvalue weighted by Gasteiger charge is 2.56. The van der Waals surface area contributed by atoms with E-state index >= 15 is 0 Å². The van der Waals surface area contributed by atoms with Gasteiger partial charge in [-0.15, -0.1) is 0 Å². The molecule has 0 aromatic heterocycles. The minimum Gasteiger partial charge on any atom is -0.310 e. The van der Waals surface area contributed by atoms with Gasteiger partial charge in [-0.1, -0.05) is 114 Å². The molecule has 0 bridgehead atoms. The summed E-state index contributed by atoms with van der Waals surface area (Å²) in [6.07, 6.45) is 0. The molecule has 0 amide bonds. The Bertz CT molecular complexity index is 1830. The summed E-state index contributed by atoms with van der Waals surface area (Å²) >= 11 is 0. The smallest absolute Gasteiger partial charge is 0.0540 e. The standard InChI is InChI=1S/C33H35N/c1-31(2)28-22-21-24(23-29(28)32(3,4)33(31,5)6)27-19-13-14-20-30(27)34(25-15-9-7-10-16-25)26-17-11-8-12-18-26/h7-23H,1-6H3/i1D3,2D3,3D3,4D3,5D3,6D3. The number of fused-ring (bicyclic) bond motifs is 1. The van der Waals surface area contributed by atoms with Crippen molar-refractivity contribution < 1.29 is 24.7 Å². The summed E-state index contributed by atoms with van der Waals surface area (Å²) in [4.78, 5) is 1.84. The average molecular weight is 464 g/mol. The molecule has 0 N–H and O–H groups in total. The van der Waals surface area contributed by atoms with Gasteiger partial charge in [0.25, 0.3) is 0 Å². The first-order valence-electron chi connectivity index (χ1n) is 19.8. The fourth-order valence-corrected chi connectivity index (χ4v) is 4.53. The molecule has 4 aromatic rings. The minimum absolute atomic E-state index is 0.0426. The molecule has 1 heteroatoms. The molecule has 0 saturated carbocycles. The zero-order valence-electron chi connectivity index (χ0n) is 36.3. The summed E-state index contributed by atoms with van der Waals surface area (Å²) in [5.41, 5.74) is -12.5. The van der Waals surface area contributed by atoms with E-state index in [4.69, 9.17) is 24.7 Å². The van der Waals surface area contributed by atoms with Crippen LogP contribution in [0.1, 0.15) is 76.9 Å². The normalized spacial score (nSPS) is 27.3. The Morgan fingerprint density at radius 3 is 1.71 bits per heavy atom. The highest BCUT2D eigenvalue weighted by molar-refractivity contribution is 5.88. The topological polar surface area (TPSA) is 3.24 Å². The third-order valence-corrected chi connectivity index (χ3v) is 6.44. The molecular weight excluding hydrogens is 410 g/mol.